The summed E-state index contributed by atoms with van der Waals surface area (Å²) in [5, 5.41) is 19.3. The Labute approximate surface area is 140 Å². The highest BCUT2D eigenvalue weighted by Crippen LogP contribution is 2.44. The van der Waals surface area contributed by atoms with E-state index in [1.165, 1.54) is 15.8 Å². The van der Waals surface area contributed by atoms with Gasteiger partial charge < -0.3 is 4.98 Å². The Hall–Kier alpha value is -2.61. The molecule has 5 rings (SSSR count). The van der Waals surface area contributed by atoms with E-state index in [-0.39, 0.29) is 0 Å². The second-order valence-corrected chi connectivity index (χ2v) is 7.15. The number of nitrogens with one attached hydrogen (secondary N) is 1. The summed E-state index contributed by atoms with van der Waals surface area (Å²) in [7, 11) is 0. The zero-order chi connectivity index (χ0) is 15.4. The summed E-state index contributed by atoms with van der Waals surface area (Å²) in [4.78, 5) is 3.55. The number of aromatic nitrogens is 1. The van der Waals surface area contributed by atoms with E-state index in [2.05, 4.69) is 51.5 Å². The fourth-order valence-electron chi connectivity index (χ4n) is 3.34. The summed E-state index contributed by atoms with van der Waals surface area (Å²) >= 11 is 3.40. The molecule has 0 amide bonds. The Morgan fingerprint density at radius 1 is 1.00 bits per heavy atom. The van der Waals surface area contributed by atoms with Crippen LogP contribution in [0, 0.1) is 11.3 Å². The highest BCUT2D eigenvalue weighted by Gasteiger charge is 2.20. The monoisotopic (exact) mass is 330 g/mol. The maximum absolute atomic E-state index is 9.79. The fraction of sp³-hybridized carbons (Fsp3) is 0. The smallest absolute Gasteiger partial charge is 0.101 e. The van der Waals surface area contributed by atoms with Crippen molar-refractivity contribution in [2.45, 2.75) is 0 Å². The van der Waals surface area contributed by atoms with Gasteiger partial charge in [0, 0.05) is 31.9 Å². The van der Waals surface area contributed by atoms with Gasteiger partial charge in [-0.2, -0.15) is 16.6 Å². The Bertz CT molecular complexity index is 1220. The van der Waals surface area contributed by atoms with Gasteiger partial charge in [-0.15, -0.1) is 11.3 Å². The highest BCUT2D eigenvalue weighted by atomic mass is 32.1. The molecule has 0 radical (unpaired) electrons. The lowest BCUT2D eigenvalue weighted by molar-refractivity contribution is 1.52. The molecule has 0 fully saturated rings. The van der Waals surface area contributed by atoms with Gasteiger partial charge in [0.05, 0.1) is 11.1 Å². The molecule has 1 N–H and O–H groups in total. The van der Waals surface area contributed by atoms with Crippen LogP contribution in [0.2, 0.25) is 0 Å². The normalized spacial score (nSPS) is 11.4. The molecule has 0 spiro atoms. The second-order valence-electron chi connectivity index (χ2n) is 5.46. The lowest BCUT2D eigenvalue weighted by Gasteiger charge is -2.06. The molecular weight excluding hydrogens is 320 g/mol. The van der Waals surface area contributed by atoms with E-state index in [0.717, 1.165) is 32.8 Å². The molecule has 2 nitrogen and oxygen atoms in total. The molecule has 3 aromatic heterocycles. The van der Waals surface area contributed by atoms with Crippen molar-refractivity contribution in [1.82, 2.24) is 4.98 Å². The molecule has 0 aliphatic rings. The van der Waals surface area contributed by atoms with E-state index >= 15 is 0 Å². The third kappa shape index (κ3) is 1.66. The number of aromatic amines is 1. The predicted octanol–water partition coefficient (Wildman–Crippen LogP) is 6.14. The molecule has 3 heterocycles. The van der Waals surface area contributed by atoms with Gasteiger partial charge in [0.2, 0.25) is 0 Å². The van der Waals surface area contributed by atoms with Gasteiger partial charge in [0.15, 0.2) is 0 Å². The quantitative estimate of drug-likeness (QED) is 0.394. The van der Waals surface area contributed by atoms with Gasteiger partial charge in [-0.1, -0.05) is 18.2 Å². The van der Waals surface area contributed by atoms with E-state index in [0.29, 0.717) is 0 Å². The van der Waals surface area contributed by atoms with Crippen LogP contribution in [-0.2, 0) is 0 Å². The first-order chi connectivity index (χ1) is 11.4. The zero-order valence-electron chi connectivity index (χ0n) is 12.0. The number of benzene rings is 2. The van der Waals surface area contributed by atoms with Gasteiger partial charge in [0.1, 0.15) is 6.07 Å². The number of para-hydroxylation sites is 1. The lowest BCUT2D eigenvalue weighted by atomic mass is 9.97. The van der Waals surface area contributed by atoms with E-state index in [9.17, 15) is 5.26 Å². The molecule has 0 bridgehead atoms. The zero-order valence-corrected chi connectivity index (χ0v) is 13.6. The minimum absolute atomic E-state index is 0.771. The first-order valence-electron chi connectivity index (χ1n) is 7.24. The Kier molecular flexibility index (Phi) is 2.63. The third-order valence-corrected chi connectivity index (χ3v) is 5.90. The summed E-state index contributed by atoms with van der Waals surface area (Å²) in [6, 6.07) is 14.9. The van der Waals surface area contributed by atoms with Gasteiger partial charge in [-0.3, -0.25) is 0 Å². The molecule has 5 aromatic rings. The number of rotatable bonds is 1. The number of nitriles is 1. The van der Waals surface area contributed by atoms with Crippen molar-refractivity contribution in [2.24, 2.45) is 0 Å². The molecule has 4 heteroatoms. The van der Waals surface area contributed by atoms with Crippen LogP contribution >= 0.6 is 22.7 Å². The third-order valence-electron chi connectivity index (χ3n) is 4.29. The minimum atomic E-state index is 0.771. The van der Waals surface area contributed by atoms with Gasteiger partial charge >= 0.3 is 0 Å². The van der Waals surface area contributed by atoms with Gasteiger partial charge in [-0.05, 0) is 39.9 Å². The highest BCUT2D eigenvalue weighted by molar-refractivity contribution is 7.18. The SMILES string of the molecule is N#Cc1c2ccsc2c(-c2ccsc2)c2[nH]c3ccccc3c12. The van der Waals surface area contributed by atoms with Gasteiger partial charge in [0.25, 0.3) is 0 Å². The molecule has 0 saturated carbocycles. The van der Waals surface area contributed by atoms with Crippen molar-refractivity contribution in [2.75, 3.05) is 0 Å². The van der Waals surface area contributed by atoms with E-state index in [1.54, 1.807) is 22.7 Å². The van der Waals surface area contributed by atoms with Crippen molar-refractivity contribution in [3.05, 3.63) is 58.1 Å². The van der Waals surface area contributed by atoms with Crippen LogP contribution in [0.4, 0.5) is 0 Å². The van der Waals surface area contributed by atoms with Crippen molar-refractivity contribution in [1.29, 1.82) is 5.26 Å². The number of hydrogen-bond acceptors (Lipinski definition) is 3. The lowest BCUT2D eigenvalue weighted by Crippen LogP contribution is -1.84. The first kappa shape index (κ1) is 12.9. The maximum Gasteiger partial charge on any atom is 0.101 e. The standard InChI is InChI=1S/C19H10N2S2/c20-9-14-12-6-8-23-19(12)16(11-5-7-22-10-11)18-17(14)13-3-1-2-4-15(13)21-18/h1-8,10,21H. The molecular formula is C19H10N2S2. The van der Waals surface area contributed by atoms with Crippen molar-refractivity contribution in [3.63, 3.8) is 0 Å². The summed E-state index contributed by atoms with van der Waals surface area (Å²) in [5.41, 5.74) is 5.34. The first-order valence-corrected chi connectivity index (χ1v) is 9.07. The Balaban J connectivity index is 2.15. The summed E-state index contributed by atoms with van der Waals surface area (Å²) in [5.74, 6) is 0. The van der Waals surface area contributed by atoms with Crippen molar-refractivity contribution < 1.29 is 0 Å². The predicted molar refractivity (Wildman–Crippen MR) is 99.2 cm³/mol. The van der Waals surface area contributed by atoms with Crippen LogP contribution in [0.3, 0.4) is 0 Å². The Morgan fingerprint density at radius 2 is 1.91 bits per heavy atom. The van der Waals surface area contributed by atoms with E-state index in [4.69, 9.17) is 0 Å². The van der Waals surface area contributed by atoms with Crippen LogP contribution in [0.15, 0.2) is 52.5 Å². The minimum Gasteiger partial charge on any atom is -0.354 e. The summed E-state index contributed by atoms with van der Waals surface area (Å²) in [6.45, 7) is 0. The molecule has 0 aliphatic carbocycles. The van der Waals surface area contributed by atoms with Crippen LogP contribution in [0.5, 0.6) is 0 Å². The molecule has 0 aliphatic heterocycles. The second kappa shape index (κ2) is 4.69. The maximum atomic E-state index is 9.79. The van der Waals surface area contributed by atoms with Crippen molar-refractivity contribution in [3.8, 4) is 17.2 Å². The number of hydrogen-bond donors (Lipinski definition) is 1. The van der Waals surface area contributed by atoms with Gasteiger partial charge in [-0.25, -0.2) is 0 Å². The van der Waals surface area contributed by atoms with Crippen molar-refractivity contribution >= 4 is 54.6 Å². The summed E-state index contributed by atoms with van der Waals surface area (Å²) < 4.78 is 1.18. The molecule has 108 valence electrons. The number of H-pyrrole nitrogens is 1. The largest absolute Gasteiger partial charge is 0.354 e. The van der Waals surface area contributed by atoms with Crippen LogP contribution < -0.4 is 0 Å². The molecule has 23 heavy (non-hydrogen) atoms. The Morgan fingerprint density at radius 3 is 2.74 bits per heavy atom. The molecule has 2 aromatic carbocycles. The van der Waals surface area contributed by atoms with Crippen LogP contribution in [0.25, 0.3) is 43.0 Å². The molecule has 0 unspecified atom stereocenters. The topological polar surface area (TPSA) is 39.6 Å². The molecule has 0 atom stereocenters. The number of nitrogens with zero attached hydrogens (tertiary/aromatic N) is 1. The average Bonchev–Trinajstić information content (AvgIpc) is 3.31. The molecule has 0 saturated heterocycles. The number of thiophene rings is 2. The van der Waals surface area contributed by atoms with E-state index < -0.39 is 0 Å². The summed E-state index contributed by atoms with van der Waals surface area (Å²) in [6.07, 6.45) is 0. The van der Waals surface area contributed by atoms with E-state index in [1.807, 2.05) is 12.1 Å². The number of fused-ring (bicyclic) bond motifs is 4. The van der Waals surface area contributed by atoms with Crippen LogP contribution in [-0.4, -0.2) is 4.98 Å². The van der Waals surface area contributed by atoms with Crippen LogP contribution in [0.1, 0.15) is 5.56 Å². The fourth-order valence-corrected chi connectivity index (χ4v) is 4.96. The average molecular weight is 330 g/mol.